The normalized spacial score (nSPS) is 12.8. The molecule has 0 aliphatic heterocycles. The van der Waals surface area contributed by atoms with Gasteiger partial charge >= 0.3 is 12.4 Å². The second kappa shape index (κ2) is 11.6. The van der Waals surface area contributed by atoms with Crippen LogP contribution in [0, 0.1) is 0 Å². The van der Waals surface area contributed by atoms with Gasteiger partial charge in [0.25, 0.3) is 10.1 Å². The van der Waals surface area contributed by atoms with Crippen molar-refractivity contribution in [3.05, 3.63) is 47.9 Å². The SMILES string of the molecule is CC(O)CNc1nc(Nc2ccnc(C(F)(F)F)c2)nc(-c2cccc(C(F)(F)F)n2)n1.CS(=O)(=O)O. The van der Waals surface area contributed by atoms with Gasteiger partial charge < -0.3 is 15.7 Å². The molecule has 202 valence electrons. The van der Waals surface area contributed by atoms with E-state index in [0.717, 1.165) is 24.4 Å². The van der Waals surface area contributed by atoms with E-state index in [-0.39, 0.29) is 35.6 Å². The van der Waals surface area contributed by atoms with Gasteiger partial charge in [0.2, 0.25) is 11.9 Å². The Labute approximate surface area is 205 Å². The van der Waals surface area contributed by atoms with E-state index in [1.807, 2.05) is 0 Å². The Bertz CT molecular complexity index is 1310. The summed E-state index contributed by atoms with van der Waals surface area (Å²) in [4.78, 5) is 18.7. The maximum Gasteiger partial charge on any atom is 0.433 e. The molecular formula is C19H19F6N7O4S. The zero-order chi connectivity index (χ0) is 28.0. The summed E-state index contributed by atoms with van der Waals surface area (Å²) >= 11 is 0. The predicted octanol–water partition coefficient (Wildman–Crippen LogP) is 3.41. The molecule has 11 nitrogen and oxygen atoms in total. The molecule has 0 saturated carbocycles. The van der Waals surface area contributed by atoms with Crippen molar-refractivity contribution in [1.29, 1.82) is 0 Å². The first-order valence-corrected chi connectivity index (χ1v) is 11.7. The van der Waals surface area contributed by atoms with Crippen LogP contribution in [0.5, 0.6) is 0 Å². The molecule has 0 radical (unpaired) electrons. The van der Waals surface area contributed by atoms with E-state index in [1.165, 1.54) is 19.1 Å². The van der Waals surface area contributed by atoms with Crippen molar-refractivity contribution in [2.24, 2.45) is 0 Å². The Balaban J connectivity index is 0.000000877. The van der Waals surface area contributed by atoms with Crippen molar-refractivity contribution >= 4 is 27.7 Å². The van der Waals surface area contributed by atoms with Crippen LogP contribution in [-0.2, 0) is 22.5 Å². The van der Waals surface area contributed by atoms with Crippen LogP contribution in [0.2, 0.25) is 0 Å². The number of nitrogens with zero attached hydrogens (tertiary/aromatic N) is 5. The van der Waals surface area contributed by atoms with Crippen molar-refractivity contribution in [2.45, 2.75) is 25.4 Å². The van der Waals surface area contributed by atoms with Crippen LogP contribution < -0.4 is 10.6 Å². The second-order valence-corrected chi connectivity index (χ2v) is 8.69. The lowest BCUT2D eigenvalue weighted by atomic mass is 10.3. The van der Waals surface area contributed by atoms with Gasteiger partial charge in [-0.25, -0.2) is 4.98 Å². The van der Waals surface area contributed by atoms with Gasteiger partial charge in [-0.3, -0.25) is 9.54 Å². The van der Waals surface area contributed by atoms with Crippen LogP contribution in [0.1, 0.15) is 18.3 Å². The van der Waals surface area contributed by atoms with E-state index >= 15 is 0 Å². The second-order valence-electron chi connectivity index (χ2n) is 7.23. The summed E-state index contributed by atoms with van der Waals surface area (Å²) in [7, 11) is -3.67. The molecular weight excluding hydrogens is 536 g/mol. The van der Waals surface area contributed by atoms with E-state index in [4.69, 9.17) is 4.55 Å². The molecule has 18 heteroatoms. The quantitative estimate of drug-likeness (QED) is 0.260. The fourth-order valence-corrected chi connectivity index (χ4v) is 2.37. The highest BCUT2D eigenvalue weighted by Crippen LogP contribution is 2.31. The van der Waals surface area contributed by atoms with Gasteiger partial charge in [0.05, 0.1) is 12.4 Å². The van der Waals surface area contributed by atoms with Gasteiger partial charge in [0, 0.05) is 18.4 Å². The summed E-state index contributed by atoms with van der Waals surface area (Å²) in [6, 6.07) is 5.06. The average molecular weight is 555 g/mol. The molecule has 1 atom stereocenters. The molecule has 0 amide bonds. The summed E-state index contributed by atoms with van der Waals surface area (Å²) < 4.78 is 104. The van der Waals surface area contributed by atoms with Crippen LogP contribution in [0.4, 0.5) is 43.9 Å². The minimum Gasteiger partial charge on any atom is -0.392 e. The van der Waals surface area contributed by atoms with Crippen molar-refractivity contribution in [3.63, 3.8) is 0 Å². The van der Waals surface area contributed by atoms with Gasteiger partial charge in [0.15, 0.2) is 5.82 Å². The van der Waals surface area contributed by atoms with Crippen molar-refractivity contribution in [3.8, 4) is 11.5 Å². The van der Waals surface area contributed by atoms with E-state index in [2.05, 4.69) is 35.6 Å². The van der Waals surface area contributed by atoms with Gasteiger partial charge in [-0.1, -0.05) is 6.07 Å². The third kappa shape index (κ3) is 10.5. The van der Waals surface area contributed by atoms with Crippen LogP contribution in [-0.4, -0.2) is 61.9 Å². The molecule has 0 aromatic carbocycles. The van der Waals surface area contributed by atoms with Gasteiger partial charge in [-0.05, 0) is 31.2 Å². The number of alkyl halides is 6. The number of aromatic nitrogens is 5. The minimum absolute atomic E-state index is 0.00755. The molecule has 3 aromatic heterocycles. The average Bonchev–Trinajstić information content (AvgIpc) is 2.75. The summed E-state index contributed by atoms with van der Waals surface area (Å²) in [5.41, 5.74) is -2.64. The molecule has 3 aromatic rings. The van der Waals surface area contributed by atoms with E-state index in [1.54, 1.807) is 0 Å². The number of pyridine rings is 2. The lowest BCUT2D eigenvalue weighted by Crippen LogP contribution is -2.18. The lowest BCUT2D eigenvalue weighted by molar-refractivity contribution is -0.141. The van der Waals surface area contributed by atoms with Gasteiger partial charge in [-0.2, -0.15) is 49.7 Å². The zero-order valence-electron chi connectivity index (χ0n) is 18.9. The maximum absolute atomic E-state index is 13.0. The van der Waals surface area contributed by atoms with Gasteiger partial charge in [-0.15, -0.1) is 0 Å². The standard InChI is InChI=1S/C18H15F6N7O.CH4O3S/c1-9(32)8-26-15-29-14(11-3-2-4-12(28-11)17(19,20)21)30-16(31-15)27-10-5-6-25-13(7-10)18(22,23)24;1-5(2,3)4/h2-7,9,32H,8H2,1H3,(H2,25,26,27,29,30,31);1H3,(H,2,3,4). The van der Waals surface area contributed by atoms with Crippen LogP contribution in [0.25, 0.3) is 11.5 Å². The topological polar surface area (TPSA) is 163 Å². The first-order chi connectivity index (χ1) is 16.9. The number of hydrogen-bond acceptors (Lipinski definition) is 10. The fraction of sp³-hybridized carbons (Fsp3) is 0.316. The highest BCUT2D eigenvalue weighted by atomic mass is 32.2. The van der Waals surface area contributed by atoms with Crippen LogP contribution in [0.15, 0.2) is 36.5 Å². The zero-order valence-corrected chi connectivity index (χ0v) is 19.7. The predicted molar refractivity (Wildman–Crippen MR) is 118 cm³/mol. The Morgan fingerprint density at radius 3 is 2.11 bits per heavy atom. The summed E-state index contributed by atoms with van der Waals surface area (Å²) in [5.74, 6) is -0.670. The third-order valence-electron chi connectivity index (χ3n) is 3.77. The number of anilines is 3. The highest BCUT2D eigenvalue weighted by molar-refractivity contribution is 7.85. The van der Waals surface area contributed by atoms with E-state index < -0.39 is 40.0 Å². The Morgan fingerprint density at radius 1 is 0.946 bits per heavy atom. The summed E-state index contributed by atoms with van der Waals surface area (Å²) in [5, 5.41) is 14.6. The first kappa shape index (κ1) is 29.6. The summed E-state index contributed by atoms with van der Waals surface area (Å²) in [6.07, 6.45) is -8.56. The summed E-state index contributed by atoms with van der Waals surface area (Å²) in [6.45, 7) is 1.46. The number of rotatable bonds is 6. The number of halogens is 6. The maximum atomic E-state index is 13.0. The molecule has 4 N–H and O–H groups in total. The van der Waals surface area contributed by atoms with Crippen molar-refractivity contribution < 1.29 is 44.4 Å². The number of hydrogen-bond donors (Lipinski definition) is 4. The molecule has 0 bridgehead atoms. The number of aliphatic hydroxyl groups is 1. The van der Waals surface area contributed by atoms with Crippen LogP contribution >= 0.6 is 0 Å². The Hall–Kier alpha value is -3.64. The fourth-order valence-electron chi connectivity index (χ4n) is 2.37. The Kier molecular flexibility index (Phi) is 9.28. The molecule has 37 heavy (non-hydrogen) atoms. The van der Waals surface area contributed by atoms with Crippen LogP contribution in [0.3, 0.4) is 0 Å². The lowest BCUT2D eigenvalue weighted by Gasteiger charge is -2.12. The monoisotopic (exact) mass is 555 g/mol. The van der Waals surface area contributed by atoms with Crippen molar-refractivity contribution in [1.82, 2.24) is 24.9 Å². The third-order valence-corrected chi connectivity index (χ3v) is 3.77. The molecule has 3 heterocycles. The molecule has 3 rings (SSSR count). The molecule has 0 fully saturated rings. The van der Waals surface area contributed by atoms with E-state index in [0.29, 0.717) is 6.26 Å². The first-order valence-electron chi connectivity index (χ1n) is 9.87. The number of aliphatic hydroxyl groups excluding tert-OH is 1. The molecule has 0 saturated heterocycles. The molecule has 1 unspecified atom stereocenters. The minimum atomic E-state index is -4.71. The van der Waals surface area contributed by atoms with Gasteiger partial charge in [0.1, 0.15) is 17.1 Å². The molecule has 0 aliphatic rings. The molecule has 0 spiro atoms. The molecule has 0 aliphatic carbocycles. The Morgan fingerprint density at radius 2 is 1.54 bits per heavy atom. The smallest absolute Gasteiger partial charge is 0.392 e. The van der Waals surface area contributed by atoms with Crippen molar-refractivity contribution in [2.75, 3.05) is 23.4 Å². The number of nitrogens with one attached hydrogen (secondary N) is 2. The highest BCUT2D eigenvalue weighted by Gasteiger charge is 2.33. The largest absolute Gasteiger partial charge is 0.433 e. The van der Waals surface area contributed by atoms with E-state index in [9.17, 15) is 39.9 Å².